The maximum Gasteiger partial charge on any atom is 0.321 e. The number of carbonyl (C=O) groups excluding carboxylic acids is 2. The van der Waals surface area contributed by atoms with Crippen LogP contribution in [0.1, 0.15) is 49.5 Å². The molecule has 6 nitrogen and oxygen atoms in total. The van der Waals surface area contributed by atoms with E-state index in [9.17, 15) is 9.59 Å². The summed E-state index contributed by atoms with van der Waals surface area (Å²) < 4.78 is 0. The molecule has 0 radical (unpaired) electrons. The molecule has 0 bridgehead atoms. The van der Waals surface area contributed by atoms with Crippen molar-refractivity contribution < 1.29 is 9.59 Å². The van der Waals surface area contributed by atoms with E-state index in [0.717, 1.165) is 47.3 Å². The van der Waals surface area contributed by atoms with Crippen LogP contribution in [-0.4, -0.2) is 33.7 Å². The average Bonchev–Trinajstić information content (AvgIpc) is 3.23. The molecule has 2 aliphatic carbocycles. The molecule has 0 saturated heterocycles. The highest BCUT2D eigenvalue weighted by Crippen LogP contribution is 2.39. The van der Waals surface area contributed by atoms with Crippen molar-refractivity contribution in [2.24, 2.45) is 5.92 Å². The van der Waals surface area contributed by atoms with Crippen molar-refractivity contribution in [3.63, 3.8) is 0 Å². The van der Waals surface area contributed by atoms with Crippen molar-refractivity contribution in [1.82, 2.24) is 20.6 Å². The topological polar surface area (TPSA) is 84.0 Å². The second-order valence-corrected chi connectivity index (χ2v) is 9.44. The highest BCUT2D eigenvalue weighted by Gasteiger charge is 2.24. The largest absolute Gasteiger partial charge is 0.335 e. The van der Waals surface area contributed by atoms with Crippen LogP contribution in [0.2, 0.25) is 0 Å². The van der Waals surface area contributed by atoms with Gasteiger partial charge in [0.05, 0.1) is 5.75 Å². The van der Waals surface area contributed by atoms with Crippen LogP contribution in [0.3, 0.4) is 0 Å². The zero-order valence-corrected chi connectivity index (χ0v) is 17.0. The van der Waals surface area contributed by atoms with Gasteiger partial charge in [0, 0.05) is 16.3 Å². The number of hydrogen-bond donors (Lipinski definition) is 2. The first-order chi connectivity index (χ1) is 13.1. The third-order valence-corrected chi connectivity index (χ3v) is 7.68. The van der Waals surface area contributed by atoms with Crippen LogP contribution in [-0.2, 0) is 17.6 Å². The number of nitrogens with one attached hydrogen (secondary N) is 2. The Labute approximate surface area is 166 Å². The fourth-order valence-corrected chi connectivity index (χ4v) is 6.16. The molecule has 4 rings (SSSR count). The quantitative estimate of drug-likeness (QED) is 0.600. The van der Waals surface area contributed by atoms with E-state index in [1.54, 1.807) is 17.7 Å². The predicted octanol–water partition coefficient (Wildman–Crippen LogP) is 3.68. The number of carbonyl (C=O) groups is 2. The first-order valence-corrected chi connectivity index (χ1v) is 11.4. The van der Waals surface area contributed by atoms with E-state index < -0.39 is 0 Å². The smallest absolute Gasteiger partial charge is 0.321 e. The van der Waals surface area contributed by atoms with Crippen molar-refractivity contribution >= 4 is 45.3 Å². The highest BCUT2D eigenvalue weighted by molar-refractivity contribution is 8.00. The molecule has 2 aromatic heterocycles. The van der Waals surface area contributed by atoms with Gasteiger partial charge < -0.3 is 5.32 Å². The van der Waals surface area contributed by atoms with Crippen LogP contribution >= 0.6 is 23.1 Å². The number of rotatable bonds is 4. The van der Waals surface area contributed by atoms with Gasteiger partial charge >= 0.3 is 6.03 Å². The molecule has 2 aliphatic rings. The van der Waals surface area contributed by atoms with E-state index in [2.05, 4.69) is 27.5 Å². The van der Waals surface area contributed by atoms with Gasteiger partial charge in [-0.05, 0) is 43.6 Å². The fraction of sp³-hybridized carbons (Fsp3) is 0.579. The molecular weight excluding hydrogens is 380 g/mol. The van der Waals surface area contributed by atoms with Crippen LogP contribution in [0.15, 0.2) is 11.4 Å². The van der Waals surface area contributed by atoms with Crippen molar-refractivity contribution in [2.75, 3.05) is 5.75 Å². The van der Waals surface area contributed by atoms with Crippen LogP contribution in [0, 0.1) is 5.92 Å². The van der Waals surface area contributed by atoms with E-state index >= 15 is 0 Å². The summed E-state index contributed by atoms with van der Waals surface area (Å²) in [6.07, 6.45) is 9.38. The first kappa shape index (κ1) is 18.7. The van der Waals surface area contributed by atoms with Gasteiger partial charge in [0.15, 0.2) is 0 Å². The SMILES string of the molecule is CC1CCCCC1NC(=O)NC(=O)CSc1ncnc2sc3c(c12)CCC3. The molecule has 2 aromatic rings. The van der Waals surface area contributed by atoms with E-state index in [4.69, 9.17) is 0 Å². The molecule has 0 aliphatic heterocycles. The third-order valence-electron chi connectivity index (χ3n) is 5.49. The summed E-state index contributed by atoms with van der Waals surface area (Å²) in [6.45, 7) is 2.15. The number of aromatic nitrogens is 2. The zero-order chi connectivity index (χ0) is 18.8. The number of aryl methyl sites for hydroxylation is 2. The lowest BCUT2D eigenvalue weighted by molar-refractivity contribution is -0.117. The van der Waals surface area contributed by atoms with Crippen molar-refractivity contribution in [3.8, 4) is 0 Å². The summed E-state index contributed by atoms with van der Waals surface area (Å²) in [5.41, 5.74) is 1.35. The lowest BCUT2D eigenvalue weighted by Crippen LogP contribution is -2.48. The highest BCUT2D eigenvalue weighted by atomic mass is 32.2. The summed E-state index contributed by atoms with van der Waals surface area (Å²) in [6, 6.07) is -0.224. The summed E-state index contributed by atoms with van der Waals surface area (Å²) in [5, 5.41) is 7.36. The molecular formula is C19H24N4O2S2. The monoisotopic (exact) mass is 404 g/mol. The normalized spacial score (nSPS) is 21.8. The number of imide groups is 1. The molecule has 2 unspecified atom stereocenters. The van der Waals surface area contributed by atoms with Crippen LogP contribution < -0.4 is 10.6 Å². The van der Waals surface area contributed by atoms with Gasteiger partial charge in [-0.15, -0.1) is 11.3 Å². The van der Waals surface area contributed by atoms with Gasteiger partial charge in [0.25, 0.3) is 0 Å². The van der Waals surface area contributed by atoms with E-state index in [1.807, 2.05) is 0 Å². The Bertz CT molecular complexity index is 867. The van der Waals surface area contributed by atoms with Crippen LogP contribution in [0.5, 0.6) is 0 Å². The summed E-state index contributed by atoms with van der Waals surface area (Å²) in [4.78, 5) is 35.5. The zero-order valence-electron chi connectivity index (χ0n) is 15.4. The Balaban J connectivity index is 1.34. The summed E-state index contributed by atoms with van der Waals surface area (Å²) in [5.74, 6) is 0.341. The Morgan fingerprint density at radius 3 is 2.93 bits per heavy atom. The van der Waals surface area contributed by atoms with Gasteiger partial charge in [-0.25, -0.2) is 14.8 Å². The summed E-state index contributed by atoms with van der Waals surface area (Å²) in [7, 11) is 0. The minimum atomic E-state index is -0.386. The van der Waals surface area contributed by atoms with E-state index in [1.165, 1.54) is 35.0 Å². The number of hydrogen-bond acceptors (Lipinski definition) is 6. The first-order valence-electron chi connectivity index (χ1n) is 9.60. The predicted molar refractivity (Wildman–Crippen MR) is 108 cm³/mol. The fourth-order valence-electron chi connectivity index (χ4n) is 4.04. The molecule has 0 spiro atoms. The molecule has 2 heterocycles. The van der Waals surface area contributed by atoms with Gasteiger partial charge in [0.2, 0.25) is 5.91 Å². The molecule has 144 valence electrons. The molecule has 1 fully saturated rings. The molecule has 8 heteroatoms. The number of nitrogens with zero attached hydrogens (tertiary/aromatic N) is 2. The Kier molecular flexibility index (Phi) is 5.63. The molecule has 27 heavy (non-hydrogen) atoms. The Morgan fingerprint density at radius 2 is 2.07 bits per heavy atom. The maximum absolute atomic E-state index is 12.2. The molecule has 1 saturated carbocycles. The number of thiophene rings is 1. The van der Waals surface area contributed by atoms with Gasteiger partial charge in [0.1, 0.15) is 16.2 Å². The second kappa shape index (κ2) is 8.14. The van der Waals surface area contributed by atoms with Gasteiger partial charge in [-0.3, -0.25) is 10.1 Å². The molecule has 0 aromatic carbocycles. The van der Waals surface area contributed by atoms with Crippen molar-refractivity contribution in [2.45, 2.75) is 62.9 Å². The van der Waals surface area contributed by atoms with E-state index in [0.29, 0.717) is 5.92 Å². The molecule has 2 atom stereocenters. The Hall–Kier alpha value is -1.67. The second-order valence-electron chi connectivity index (χ2n) is 7.39. The molecule has 3 amide bonds. The third kappa shape index (κ3) is 4.11. The number of urea groups is 1. The maximum atomic E-state index is 12.2. The van der Waals surface area contributed by atoms with Gasteiger partial charge in [-0.1, -0.05) is 31.5 Å². The lowest BCUT2D eigenvalue weighted by Gasteiger charge is -2.29. The van der Waals surface area contributed by atoms with Crippen LogP contribution in [0.25, 0.3) is 10.2 Å². The van der Waals surface area contributed by atoms with Crippen molar-refractivity contribution in [1.29, 1.82) is 0 Å². The number of fused-ring (bicyclic) bond motifs is 3. The minimum Gasteiger partial charge on any atom is -0.335 e. The number of thioether (sulfide) groups is 1. The summed E-state index contributed by atoms with van der Waals surface area (Å²) >= 11 is 3.12. The lowest BCUT2D eigenvalue weighted by atomic mass is 9.86. The Morgan fingerprint density at radius 1 is 1.22 bits per heavy atom. The molecule has 2 N–H and O–H groups in total. The average molecular weight is 405 g/mol. The van der Waals surface area contributed by atoms with Crippen molar-refractivity contribution in [3.05, 3.63) is 16.8 Å². The number of amides is 3. The van der Waals surface area contributed by atoms with Gasteiger partial charge in [-0.2, -0.15) is 0 Å². The standard InChI is InChI=1S/C19H24N4O2S2/c1-11-5-2-3-7-13(11)22-19(25)23-15(24)9-26-17-16-12-6-4-8-14(12)27-18(16)21-10-20-17/h10-11,13H,2-9H2,1H3,(H2,22,23,24,25). The van der Waals surface area contributed by atoms with E-state index in [-0.39, 0.29) is 23.7 Å². The van der Waals surface area contributed by atoms with Crippen LogP contribution in [0.4, 0.5) is 4.79 Å². The minimum absolute atomic E-state index is 0.161.